The molecule has 0 atom stereocenters. The number of halogens is 1. The number of hydrogen-bond donors (Lipinski definition) is 1. The molecule has 0 aliphatic heterocycles. The summed E-state index contributed by atoms with van der Waals surface area (Å²) in [5.41, 5.74) is 0.188. The van der Waals surface area contributed by atoms with Crippen molar-refractivity contribution >= 4 is 11.7 Å². The van der Waals surface area contributed by atoms with Gasteiger partial charge in [-0.1, -0.05) is 0 Å². The van der Waals surface area contributed by atoms with E-state index in [0.29, 0.717) is 5.69 Å². The van der Waals surface area contributed by atoms with E-state index < -0.39 is 11.8 Å². The second-order valence-electron chi connectivity index (χ2n) is 3.38. The number of nitrogens with one attached hydrogen (secondary N) is 1. The van der Waals surface area contributed by atoms with Crippen molar-refractivity contribution in [2.45, 2.75) is 6.92 Å². The Morgan fingerprint density at radius 3 is 2.84 bits per heavy atom. The van der Waals surface area contributed by atoms with Crippen molar-refractivity contribution in [2.24, 2.45) is 0 Å². The maximum Gasteiger partial charge on any atom is 0.350 e. The highest BCUT2D eigenvalue weighted by Crippen LogP contribution is 2.20. The van der Waals surface area contributed by atoms with E-state index in [1.165, 1.54) is 25.4 Å². The van der Waals surface area contributed by atoms with E-state index in [2.05, 4.69) is 10.1 Å². The predicted octanol–water partition coefficient (Wildman–Crippen LogP) is 2.22. The number of nitriles is 1. The molecule has 19 heavy (non-hydrogen) atoms. The minimum Gasteiger partial charge on any atom is -0.494 e. The zero-order valence-electron chi connectivity index (χ0n) is 10.6. The van der Waals surface area contributed by atoms with Crippen LogP contribution in [0.2, 0.25) is 0 Å². The van der Waals surface area contributed by atoms with Gasteiger partial charge in [0.25, 0.3) is 0 Å². The maximum absolute atomic E-state index is 13.4. The minimum atomic E-state index is -0.730. The molecule has 100 valence electrons. The summed E-state index contributed by atoms with van der Waals surface area (Å²) in [7, 11) is 1.36. The molecule has 1 rings (SSSR count). The van der Waals surface area contributed by atoms with Crippen LogP contribution in [0.25, 0.3) is 0 Å². The van der Waals surface area contributed by atoms with Crippen LogP contribution >= 0.6 is 0 Å². The van der Waals surface area contributed by atoms with Gasteiger partial charge in [0.15, 0.2) is 17.1 Å². The molecule has 6 heteroatoms. The van der Waals surface area contributed by atoms with Crippen molar-refractivity contribution in [3.63, 3.8) is 0 Å². The van der Waals surface area contributed by atoms with Gasteiger partial charge < -0.3 is 14.8 Å². The zero-order chi connectivity index (χ0) is 14.3. The third kappa shape index (κ3) is 4.00. The fourth-order valence-electron chi connectivity index (χ4n) is 1.26. The molecule has 0 radical (unpaired) electrons. The van der Waals surface area contributed by atoms with Gasteiger partial charge in [-0.15, -0.1) is 0 Å². The molecular formula is C13H13FN2O3. The molecular weight excluding hydrogens is 251 g/mol. The van der Waals surface area contributed by atoms with E-state index >= 15 is 0 Å². The number of ether oxygens (including phenoxy) is 2. The predicted molar refractivity (Wildman–Crippen MR) is 66.9 cm³/mol. The highest BCUT2D eigenvalue weighted by Gasteiger charge is 2.09. The van der Waals surface area contributed by atoms with Crippen LogP contribution in [0.1, 0.15) is 6.92 Å². The molecule has 0 fully saturated rings. The molecule has 0 heterocycles. The van der Waals surface area contributed by atoms with Crippen LogP contribution in [0.4, 0.5) is 10.1 Å². The van der Waals surface area contributed by atoms with Gasteiger partial charge in [0, 0.05) is 18.0 Å². The van der Waals surface area contributed by atoms with Crippen LogP contribution in [0, 0.1) is 17.1 Å². The smallest absolute Gasteiger partial charge is 0.350 e. The minimum absolute atomic E-state index is 0.112. The van der Waals surface area contributed by atoms with Gasteiger partial charge in [0.05, 0.1) is 13.7 Å². The normalized spacial score (nSPS) is 10.5. The van der Waals surface area contributed by atoms with E-state index in [4.69, 9.17) is 10.00 Å². The van der Waals surface area contributed by atoms with Crippen LogP contribution in [-0.2, 0) is 9.53 Å². The number of hydrogen-bond acceptors (Lipinski definition) is 5. The monoisotopic (exact) mass is 264 g/mol. The molecule has 0 saturated carbocycles. The van der Waals surface area contributed by atoms with Crippen molar-refractivity contribution in [1.29, 1.82) is 5.26 Å². The molecule has 0 aliphatic rings. The van der Waals surface area contributed by atoms with Gasteiger partial charge >= 0.3 is 5.97 Å². The van der Waals surface area contributed by atoms with Gasteiger partial charge in [0.1, 0.15) is 6.07 Å². The average molecular weight is 264 g/mol. The standard InChI is InChI=1S/C13H13FN2O3/c1-3-19-13(17)9(7-15)8-16-10-4-5-12(18-2)11(14)6-10/h4-6,8,16H,3H2,1-2H3/b9-8+. The largest absolute Gasteiger partial charge is 0.494 e. The lowest BCUT2D eigenvalue weighted by atomic mass is 10.2. The van der Waals surface area contributed by atoms with Crippen molar-refractivity contribution in [3.05, 3.63) is 35.8 Å². The van der Waals surface area contributed by atoms with E-state index in [0.717, 1.165) is 0 Å². The average Bonchev–Trinajstić information content (AvgIpc) is 2.40. The van der Waals surface area contributed by atoms with Gasteiger partial charge in [-0.05, 0) is 19.1 Å². The lowest BCUT2D eigenvalue weighted by molar-refractivity contribution is -0.138. The van der Waals surface area contributed by atoms with E-state index in [9.17, 15) is 9.18 Å². The first-order valence-corrected chi connectivity index (χ1v) is 5.49. The molecule has 1 aromatic carbocycles. The molecule has 0 spiro atoms. The van der Waals surface area contributed by atoms with Gasteiger partial charge in [-0.2, -0.15) is 5.26 Å². The van der Waals surface area contributed by atoms with Crippen molar-refractivity contribution < 1.29 is 18.7 Å². The zero-order valence-corrected chi connectivity index (χ0v) is 10.6. The van der Waals surface area contributed by atoms with Crippen LogP contribution in [0.5, 0.6) is 5.75 Å². The van der Waals surface area contributed by atoms with Crippen molar-refractivity contribution in [2.75, 3.05) is 19.0 Å². The molecule has 0 aliphatic carbocycles. The second kappa shape index (κ2) is 7.01. The number of methoxy groups -OCH3 is 1. The summed E-state index contributed by atoms with van der Waals surface area (Å²) in [6, 6.07) is 5.88. The van der Waals surface area contributed by atoms with Crippen molar-refractivity contribution in [3.8, 4) is 11.8 Å². The first kappa shape index (κ1) is 14.5. The second-order valence-corrected chi connectivity index (χ2v) is 3.38. The number of carbonyl (C=O) groups excluding carboxylic acids is 1. The highest BCUT2D eigenvalue weighted by atomic mass is 19.1. The Hall–Kier alpha value is -2.55. The van der Waals surface area contributed by atoms with Crippen LogP contribution in [-0.4, -0.2) is 19.7 Å². The number of rotatable bonds is 5. The lowest BCUT2D eigenvalue weighted by Gasteiger charge is -2.05. The topological polar surface area (TPSA) is 71.4 Å². The summed E-state index contributed by atoms with van der Waals surface area (Å²) in [5, 5.41) is 11.4. The number of esters is 1. The maximum atomic E-state index is 13.4. The molecule has 0 saturated heterocycles. The number of anilines is 1. The Morgan fingerprint density at radius 2 is 2.32 bits per heavy atom. The summed E-state index contributed by atoms with van der Waals surface area (Å²) in [6.07, 6.45) is 1.17. The van der Waals surface area contributed by atoms with Crippen LogP contribution < -0.4 is 10.1 Å². The summed E-state index contributed by atoms with van der Waals surface area (Å²) in [5.74, 6) is -1.16. The van der Waals surface area contributed by atoms with Crippen LogP contribution in [0.15, 0.2) is 30.0 Å². The summed E-state index contributed by atoms with van der Waals surface area (Å²) in [4.78, 5) is 11.3. The first-order chi connectivity index (χ1) is 9.12. The Bertz CT molecular complexity index is 535. The summed E-state index contributed by atoms with van der Waals surface area (Å²) >= 11 is 0. The Balaban J connectivity index is 2.82. The quantitative estimate of drug-likeness (QED) is 0.501. The van der Waals surface area contributed by atoms with Crippen LogP contribution in [0.3, 0.4) is 0 Å². The Kier molecular flexibility index (Phi) is 5.35. The number of nitrogens with zero attached hydrogens (tertiary/aromatic N) is 1. The highest BCUT2D eigenvalue weighted by molar-refractivity contribution is 5.93. The molecule has 5 nitrogen and oxygen atoms in total. The SMILES string of the molecule is CCOC(=O)/C(C#N)=C/Nc1ccc(OC)c(F)c1. The molecule has 0 bridgehead atoms. The molecule has 1 aromatic rings. The summed E-state index contributed by atoms with van der Waals surface area (Å²) < 4.78 is 22.8. The third-order valence-electron chi connectivity index (χ3n) is 2.15. The van der Waals surface area contributed by atoms with E-state index in [1.54, 1.807) is 19.1 Å². The van der Waals surface area contributed by atoms with E-state index in [-0.39, 0.29) is 17.9 Å². The number of benzene rings is 1. The molecule has 0 aromatic heterocycles. The Labute approximate surface area is 110 Å². The van der Waals surface area contributed by atoms with Crippen molar-refractivity contribution in [1.82, 2.24) is 0 Å². The molecule has 1 N–H and O–H groups in total. The van der Waals surface area contributed by atoms with E-state index in [1.807, 2.05) is 0 Å². The number of carbonyl (C=O) groups is 1. The fraction of sp³-hybridized carbons (Fsp3) is 0.231. The summed E-state index contributed by atoms with van der Waals surface area (Å²) in [6.45, 7) is 1.81. The fourth-order valence-corrected chi connectivity index (χ4v) is 1.26. The first-order valence-electron chi connectivity index (χ1n) is 5.49. The van der Waals surface area contributed by atoms with Gasteiger partial charge in [0.2, 0.25) is 0 Å². The van der Waals surface area contributed by atoms with Gasteiger partial charge in [-0.25, -0.2) is 9.18 Å². The molecule has 0 unspecified atom stereocenters. The lowest BCUT2D eigenvalue weighted by Crippen LogP contribution is -2.07. The third-order valence-corrected chi connectivity index (χ3v) is 2.15. The van der Waals surface area contributed by atoms with Gasteiger partial charge in [-0.3, -0.25) is 0 Å². The molecule has 0 amide bonds. The Morgan fingerprint density at radius 1 is 1.58 bits per heavy atom.